The first kappa shape index (κ1) is 13.8. The van der Waals surface area contributed by atoms with Crippen LogP contribution in [0.25, 0.3) is 0 Å². The van der Waals surface area contributed by atoms with Crippen molar-refractivity contribution in [2.45, 2.75) is 10.8 Å². The summed E-state index contributed by atoms with van der Waals surface area (Å²) in [6, 6.07) is -0.365. The number of thioether (sulfide) groups is 1. The Kier molecular flexibility index (Phi) is 4.38. The number of urea groups is 1. The van der Waals surface area contributed by atoms with E-state index in [4.69, 9.17) is 5.11 Å². The third-order valence-electron chi connectivity index (χ3n) is 2.34. The topological polar surface area (TPSA) is 99.6 Å². The minimum Gasteiger partial charge on any atom is -0.481 e. The van der Waals surface area contributed by atoms with Gasteiger partial charge in [-0.2, -0.15) is 0 Å². The maximum Gasteiger partial charge on any atom is 0.324 e. The quantitative estimate of drug-likeness (QED) is 0.764. The van der Waals surface area contributed by atoms with E-state index in [1.165, 1.54) is 28.0 Å². The van der Waals surface area contributed by atoms with Gasteiger partial charge in [-0.05, 0) is 0 Å². The molecule has 1 fully saturated rings. The van der Waals surface area contributed by atoms with Gasteiger partial charge in [0.15, 0.2) is 4.34 Å². The lowest BCUT2D eigenvalue weighted by atomic mass is 10.3. The number of nitrogens with one attached hydrogen (secondary N) is 1. The molecule has 0 aromatic carbocycles. The fraction of sp³-hybridized carbons (Fsp3) is 0.400. The molecule has 0 aliphatic carbocycles. The zero-order valence-electron chi connectivity index (χ0n) is 9.79. The molecule has 2 rings (SSSR count). The molecule has 0 atom stereocenters. The summed E-state index contributed by atoms with van der Waals surface area (Å²) in [6.45, 7) is 0.871. The Hall–Kier alpha value is -1.61. The van der Waals surface area contributed by atoms with Gasteiger partial charge in [0.2, 0.25) is 5.91 Å². The minimum atomic E-state index is -0.938. The van der Waals surface area contributed by atoms with Crippen molar-refractivity contribution in [1.82, 2.24) is 15.2 Å². The lowest BCUT2D eigenvalue weighted by Gasteiger charge is -2.10. The number of carboxylic acids is 1. The average molecular weight is 301 g/mol. The Bertz CT molecular complexity index is 517. The van der Waals surface area contributed by atoms with Crippen LogP contribution in [0.4, 0.5) is 4.79 Å². The molecule has 0 unspecified atom stereocenters. The monoisotopic (exact) mass is 301 g/mol. The fourth-order valence-corrected chi connectivity index (χ4v) is 3.22. The van der Waals surface area contributed by atoms with Crippen molar-refractivity contribution in [3.63, 3.8) is 0 Å². The summed E-state index contributed by atoms with van der Waals surface area (Å²) >= 11 is 2.50. The van der Waals surface area contributed by atoms with Crippen LogP contribution in [0.5, 0.6) is 0 Å². The van der Waals surface area contributed by atoms with E-state index in [0.29, 0.717) is 23.1 Å². The molecular weight excluding hydrogens is 290 g/mol. The molecule has 1 aliphatic heterocycles. The molecule has 1 aromatic heterocycles. The second kappa shape index (κ2) is 6.02. The van der Waals surface area contributed by atoms with Crippen molar-refractivity contribution in [2.24, 2.45) is 0 Å². The molecule has 7 nitrogen and oxygen atoms in total. The van der Waals surface area contributed by atoms with Gasteiger partial charge in [-0.3, -0.25) is 14.5 Å². The SMILES string of the molecule is O=C(O)Cc1csc(SCC(=O)N2CCNC2=O)n1. The number of aliphatic carboxylic acids is 1. The highest BCUT2D eigenvalue weighted by Crippen LogP contribution is 2.23. The summed E-state index contributed by atoms with van der Waals surface area (Å²) in [7, 11) is 0. The van der Waals surface area contributed by atoms with E-state index in [9.17, 15) is 14.4 Å². The number of carboxylic acid groups (broad SMARTS) is 1. The summed E-state index contributed by atoms with van der Waals surface area (Å²) in [5.74, 6) is -1.09. The molecular formula is C10H11N3O4S2. The number of hydrogen-bond donors (Lipinski definition) is 2. The Morgan fingerprint density at radius 2 is 2.37 bits per heavy atom. The van der Waals surface area contributed by atoms with Gasteiger partial charge < -0.3 is 10.4 Å². The van der Waals surface area contributed by atoms with Crippen LogP contribution in [0.15, 0.2) is 9.72 Å². The van der Waals surface area contributed by atoms with Crippen LogP contribution in [0.3, 0.4) is 0 Å². The number of amides is 3. The number of nitrogens with zero attached hydrogens (tertiary/aromatic N) is 2. The van der Waals surface area contributed by atoms with Crippen LogP contribution >= 0.6 is 23.1 Å². The Morgan fingerprint density at radius 3 is 3.00 bits per heavy atom. The molecule has 0 saturated carbocycles. The van der Waals surface area contributed by atoms with Crippen molar-refractivity contribution in [1.29, 1.82) is 0 Å². The zero-order chi connectivity index (χ0) is 13.8. The molecule has 102 valence electrons. The van der Waals surface area contributed by atoms with Gasteiger partial charge >= 0.3 is 12.0 Å². The van der Waals surface area contributed by atoms with Crippen LogP contribution in [-0.4, -0.2) is 51.7 Å². The average Bonchev–Trinajstić information content (AvgIpc) is 2.94. The molecule has 1 saturated heterocycles. The Balaban J connectivity index is 1.85. The molecule has 2 heterocycles. The van der Waals surface area contributed by atoms with Crippen molar-refractivity contribution >= 4 is 41.0 Å². The third-order valence-corrected chi connectivity index (χ3v) is 4.39. The second-order valence-corrected chi connectivity index (χ2v) is 5.82. The normalized spacial score (nSPS) is 14.5. The lowest BCUT2D eigenvalue weighted by molar-refractivity contribution is -0.136. The van der Waals surface area contributed by atoms with Gasteiger partial charge in [0.05, 0.1) is 17.9 Å². The van der Waals surface area contributed by atoms with E-state index < -0.39 is 5.97 Å². The van der Waals surface area contributed by atoms with Gasteiger partial charge in [0.25, 0.3) is 0 Å². The van der Waals surface area contributed by atoms with E-state index in [2.05, 4.69) is 10.3 Å². The summed E-state index contributed by atoms with van der Waals surface area (Å²) in [5, 5.41) is 12.8. The number of carbonyl (C=O) groups excluding carboxylic acids is 2. The number of thiazole rings is 1. The van der Waals surface area contributed by atoms with Crippen LogP contribution in [-0.2, 0) is 16.0 Å². The van der Waals surface area contributed by atoms with E-state index in [1.54, 1.807) is 5.38 Å². The van der Waals surface area contributed by atoms with Crippen molar-refractivity contribution < 1.29 is 19.5 Å². The first-order valence-corrected chi connectivity index (χ1v) is 7.30. The predicted octanol–water partition coefficient (Wildman–Crippen LogP) is 0.414. The van der Waals surface area contributed by atoms with Crippen LogP contribution in [0.1, 0.15) is 5.69 Å². The summed E-state index contributed by atoms with van der Waals surface area (Å²) in [6.07, 6.45) is -0.125. The minimum absolute atomic E-state index is 0.118. The van der Waals surface area contributed by atoms with Crippen LogP contribution < -0.4 is 5.32 Å². The second-order valence-electron chi connectivity index (χ2n) is 3.74. The predicted molar refractivity (Wildman–Crippen MR) is 69.3 cm³/mol. The smallest absolute Gasteiger partial charge is 0.324 e. The molecule has 2 N–H and O–H groups in total. The number of rotatable bonds is 5. The van der Waals surface area contributed by atoms with E-state index in [0.717, 1.165) is 0 Å². The molecule has 0 radical (unpaired) electrons. The van der Waals surface area contributed by atoms with Gasteiger partial charge in [0, 0.05) is 18.5 Å². The first-order chi connectivity index (χ1) is 9.06. The Labute approximate surface area is 117 Å². The van der Waals surface area contributed by atoms with Gasteiger partial charge in [-0.15, -0.1) is 11.3 Å². The first-order valence-electron chi connectivity index (χ1n) is 5.43. The molecule has 0 bridgehead atoms. The van der Waals surface area contributed by atoms with Crippen molar-refractivity contribution in [3.05, 3.63) is 11.1 Å². The maximum atomic E-state index is 11.7. The lowest BCUT2D eigenvalue weighted by Crippen LogP contribution is -2.35. The summed E-state index contributed by atoms with van der Waals surface area (Å²) in [5.41, 5.74) is 0.478. The van der Waals surface area contributed by atoms with E-state index in [-0.39, 0.29) is 24.1 Å². The standard InChI is InChI=1S/C10H11N3O4S2/c14-7(13-2-1-11-9(13)17)5-19-10-12-6(4-18-10)3-8(15)16/h4H,1-3,5H2,(H,11,17)(H,15,16). The molecule has 9 heteroatoms. The van der Waals surface area contributed by atoms with Crippen LogP contribution in [0.2, 0.25) is 0 Å². The third kappa shape index (κ3) is 3.67. The zero-order valence-corrected chi connectivity index (χ0v) is 11.4. The molecule has 3 amide bonds. The summed E-state index contributed by atoms with van der Waals surface area (Å²) in [4.78, 5) is 38.8. The van der Waals surface area contributed by atoms with Crippen LogP contribution in [0, 0.1) is 0 Å². The maximum absolute atomic E-state index is 11.7. The van der Waals surface area contributed by atoms with Gasteiger partial charge in [0.1, 0.15) is 0 Å². The van der Waals surface area contributed by atoms with E-state index in [1.807, 2.05) is 0 Å². The van der Waals surface area contributed by atoms with Gasteiger partial charge in [-0.25, -0.2) is 9.78 Å². The number of hydrogen-bond acceptors (Lipinski definition) is 6. The fourth-order valence-electron chi connectivity index (χ4n) is 1.50. The highest BCUT2D eigenvalue weighted by Gasteiger charge is 2.26. The highest BCUT2D eigenvalue weighted by atomic mass is 32.2. The molecule has 19 heavy (non-hydrogen) atoms. The number of aromatic nitrogens is 1. The largest absolute Gasteiger partial charge is 0.481 e. The molecule has 0 spiro atoms. The molecule has 1 aromatic rings. The Morgan fingerprint density at radius 1 is 1.58 bits per heavy atom. The van der Waals surface area contributed by atoms with Gasteiger partial charge in [-0.1, -0.05) is 11.8 Å². The van der Waals surface area contributed by atoms with Crippen molar-refractivity contribution in [3.8, 4) is 0 Å². The molecule has 1 aliphatic rings. The highest BCUT2D eigenvalue weighted by molar-refractivity contribution is 8.01. The number of imide groups is 1. The summed E-state index contributed by atoms with van der Waals surface area (Å²) < 4.78 is 0.629. The van der Waals surface area contributed by atoms with Crippen molar-refractivity contribution in [2.75, 3.05) is 18.8 Å². The number of carbonyl (C=O) groups is 3. The van der Waals surface area contributed by atoms with E-state index >= 15 is 0 Å².